The van der Waals surface area contributed by atoms with E-state index in [2.05, 4.69) is 5.32 Å². The second-order valence-electron chi connectivity index (χ2n) is 7.98. The van der Waals surface area contributed by atoms with Crippen molar-refractivity contribution >= 4 is 29.2 Å². The molecular formula is C27H26N2O5. The van der Waals surface area contributed by atoms with Gasteiger partial charge in [0.2, 0.25) is 5.91 Å². The Bertz CT molecular complexity index is 1160. The van der Waals surface area contributed by atoms with Gasteiger partial charge in [0, 0.05) is 24.3 Å². The zero-order valence-electron chi connectivity index (χ0n) is 18.9. The van der Waals surface area contributed by atoms with Gasteiger partial charge in [-0.15, -0.1) is 0 Å². The lowest BCUT2D eigenvalue weighted by molar-refractivity contribution is -0.151. The predicted octanol–water partition coefficient (Wildman–Crippen LogP) is 4.58. The predicted molar refractivity (Wildman–Crippen MR) is 129 cm³/mol. The van der Waals surface area contributed by atoms with Gasteiger partial charge in [-0.3, -0.25) is 14.4 Å². The highest BCUT2D eigenvalue weighted by atomic mass is 16.5. The van der Waals surface area contributed by atoms with Crippen LogP contribution in [0.4, 0.5) is 11.4 Å². The molecule has 0 saturated carbocycles. The molecule has 1 N–H and O–H groups in total. The summed E-state index contributed by atoms with van der Waals surface area (Å²) in [5.74, 6) is -0.372. The molecule has 0 bridgehead atoms. The van der Waals surface area contributed by atoms with Crippen LogP contribution in [-0.4, -0.2) is 30.9 Å². The van der Waals surface area contributed by atoms with Crippen LogP contribution in [-0.2, 0) is 25.5 Å². The number of benzene rings is 3. The number of amides is 2. The molecule has 1 aliphatic heterocycles. The Morgan fingerprint density at radius 2 is 1.62 bits per heavy atom. The van der Waals surface area contributed by atoms with Crippen molar-refractivity contribution in [1.29, 1.82) is 0 Å². The second kappa shape index (κ2) is 10.7. The lowest BCUT2D eigenvalue weighted by Gasteiger charge is -2.19. The van der Waals surface area contributed by atoms with Gasteiger partial charge in [-0.05, 0) is 54.4 Å². The molecule has 1 saturated heterocycles. The van der Waals surface area contributed by atoms with Gasteiger partial charge < -0.3 is 19.7 Å². The number of hydrogen-bond donors (Lipinski definition) is 1. The van der Waals surface area contributed by atoms with Gasteiger partial charge in [-0.25, -0.2) is 0 Å². The van der Waals surface area contributed by atoms with Crippen LogP contribution in [0, 0.1) is 5.92 Å². The van der Waals surface area contributed by atoms with Crippen LogP contribution in [0.25, 0.3) is 0 Å². The molecule has 174 valence electrons. The third-order valence-corrected chi connectivity index (χ3v) is 5.58. The molecule has 1 aliphatic rings. The first-order valence-corrected chi connectivity index (χ1v) is 11.2. The average Bonchev–Trinajstić information content (AvgIpc) is 3.26. The van der Waals surface area contributed by atoms with Crippen molar-refractivity contribution in [1.82, 2.24) is 0 Å². The Labute approximate surface area is 198 Å². The maximum absolute atomic E-state index is 12.5. The molecule has 0 spiro atoms. The Kier molecular flexibility index (Phi) is 7.22. The number of nitrogens with one attached hydrogen (secondary N) is 1. The highest BCUT2D eigenvalue weighted by molar-refractivity contribution is 6.00. The van der Waals surface area contributed by atoms with Crippen molar-refractivity contribution in [2.24, 2.45) is 5.92 Å². The summed E-state index contributed by atoms with van der Waals surface area (Å²) in [6.07, 6.45) is 0.857. The molecule has 0 unspecified atom stereocenters. The van der Waals surface area contributed by atoms with E-state index >= 15 is 0 Å². The number of ether oxygens (including phenoxy) is 2. The van der Waals surface area contributed by atoms with E-state index in [1.165, 1.54) is 0 Å². The zero-order chi connectivity index (χ0) is 23.9. The summed E-state index contributed by atoms with van der Waals surface area (Å²) in [6, 6.07) is 23.9. The largest absolute Gasteiger partial charge is 0.457 e. The summed E-state index contributed by atoms with van der Waals surface area (Å²) < 4.78 is 10.9. The van der Waals surface area contributed by atoms with E-state index < -0.39 is 24.4 Å². The van der Waals surface area contributed by atoms with E-state index in [0.717, 1.165) is 17.7 Å². The second-order valence-corrected chi connectivity index (χ2v) is 7.98. The number of hydrogen-bond acceptors (Lipinski definition) is 5. The van der Waals surface area contributed by atoms with Crippen molar-refractivity contribution in [2.75, 3.05) is 23.4 Å². The molecule has 3 aromatic rings. The van der Waals surface area contributed by atoms with Gasteiger partial charge in [-0.1, -0.05) is 43.3 Å². The van der Waals surface area contributed by atoms with E-state index in [1.807, 2.05) is 61.5 Å². The van der Waals surface area contributed by atoms with Gasteiger partial charge in [-0.2, -0.15) is 0 Å². The fourth-order valence-electron chi connectivity index (χ4n) is 3.85. The standard InChI is InChI=1S/C27H26N2O5/c1-2-19-8-6-7-11-24(19)29-17-20(16-26(29)31)27(32)33-18-25(30)28-21-12-14-23(15-13-21)34-22-9-4-3-5-10-22/h3-15,20H,2,16-18H2,1H3,(H,28,30)/t20-/m0/s1. The average molecular weight is 459 g/mol. The molecule has 4 rings (SSSR count). The molecule has 0 aliphatic carbocycles. The van der Waals surface area contributed by atoms with Crippen molar-refractivity contribution in [2.45, 2.75) is 19.8 Å². The Morgan fingerprint density at radius 1 is 0.941 bits per heavy atom. The quantitative estimate of drug-likeness (QED) is 0.500. The smallest absolute Gasteiger partial charge is 0.311 e. The number of rotatable bonds is 8. The summed E-state index contributed by atoms with van der Waals surface area (Å²) in [5, 5.41) is 2.69. The number of para-hydroxylation sites is 2. The first kappa shape index (κ1) is 23.0. The molecule has 3 aromatic carbocycles. The number of anilines is 2. The maximum Gasteiger partial charge on any atom is 0.311 e. The topological polar surface area (TPSA) is 84.9 Å². The zero-order valence-corrected chi connectivity index (χ0v) is 18.9. The fourth-order valence-corrected chi connectivity index (χ4v) is 3.85. The number of nitrogens with zero attached hydrogens (tertiary/aromatic N) is 1. The molecule has 7 heteroatoms. The molecule has 0 radical (unpaired) electrons. The molecular weight excluding hydrogens is 432 g/mol. The van der Waals surface area contributed by atoms with Crippen LogP contribution >= 0.6 is 0 Å². The number of carbonyl (C=O) groups is 3. The van der Waals surface area contributed by atoms with E-state index in [9.17, 15) is 14.4 Å². The molecule has 1 heterocycles. The molecule has 7 nitrogen and oxygen atoms in total. The number of aryl methyl sites for hydroxylation is 1. The molecule has 34 heavy (non-hydrogen) atoms. The van der Waals surface area contributed by atoms with Crippen LogP contribution in [0.5, 0.6) is 11.5 Å². The van der Waals surface area contributed by atoms with Gasteiger partial charge in [0.25, 0.3) is 5.91 Å². The van der Waals surface area contributed by atoms with Gasteiger partial charge in [0.15, 0.2) is 6.61 Å². The molecule has 0 aromatic heterocycles. The summed E-state index contributed by atoms with van der Waals surface area (Å²) in [6.45, 7) is 1.85. The highest BCUT2D eigenvalue weighted by Crippen LogP contribution is 2.29. The molecule has 1 fully saturated rings. The lowest BCUT2D eigenvalue weighted by Crippen LogP contribution is -2.28. The lowest BCUT2D eigenvalue weighted by atomic mass is 10.1. The third kappa shape index (κ3) is 5.61. The minimum absolute atomic E-state index is 0.0708. The summed E-state index contributed by atoms with van der Waals surface area (Å²) in [7, 11) is 0. The Morgan fingerprint density at radius 3 is 2.35 bits per heavy atom. The van der Waals surface area contributed by atoms with E-state index in [-0.39, 0.29) is 18.9 Å². The van der Waals surface area contributed by atoms with Crippen LogP contribution in [0.1, 0.15) is 18.9 Å². The summed E-state index contributed by atoms with van der Waals surface area (Å²) in [4.78, 5) is 38.9. The minimum Gasteiger partial charge on any atom is -0.457 e. The van der Waals surface area contributed by atoms with Crippen molar-refractivity contribution in [3.05, 3.63) is 84.4 Å². The first-order chi connectivity index (χ1) is 16.5. The van der Waals surface area contributed by atoms with E-state index in [4.69, 9.17) is 9.47 Å². The van der Waals surface area contributed by atoms with Crippen molar-refractivity contribution < 1.29 is 23.9 Å². The highest BCUT2D eigenvalue weighted by Gasteiger charge is 2.37. The van der Waals surface area contributed by atoms with Crippen molar-refractivity contribution in [3.8, 4) is 11.5 Å². The molecule has 2 amide bonds. The molecule has 1 atom stereocenters. The maximum atomic E-state index is 12.5. The fraction of sp³-hybridized carbons (Fsp3) is 0.222. The summed E-state index contributed by atoms with van der Waals surface area (Å²) >= 11 is 0. The van der Waals surface area contributed by atoms with Gasteiger partial charge >= 0.3 is 5.97 Å². The monoisotopic (exact) mass is 458 g/mol. The Hall–Kier alpha value is -4.13. The third-order valence-electron chi connectivity index (χ3n) is 5.58. The van der Waals surface area contributed by atoms with E-state index in [0.29, 0.717) is 17.2 Å². The van der Waals surface area contributed by atoms with Crippen LogP contribution < -0.4 is 15.0 Å². The number of carbonyl (C=O) groups excluding carboxylic acids is 3. The van der Waals surface area contributed by atoms with Crippen LogP contribution in [0.2, 0.25) is 0 Å². The van der Waals surface area contributed by atoms with Crippen LogP contribution in [0.15, 0.2) is 78.9 Å². The SMILES string of the molecule is CCc1ccccc1N1C[C@@H](C(=O)OCC(=O)Nc2ccc(Oc3ccccc3)cc2)CC1=O. The van der Waals surface area contributed by atoms with E-state index in [1.54, 1.807) is 29.2 Å². The van der Waals surface area contributed by atoms with Crippen molar-refractivity contribution in [3.63, 3.8) is 0 Å². The minimum atomic E-state index is -0.598. The Balaban J connectivity index is 1.26. The van der Waals surface area contributed by atoms with Crippen LogP contribution in [0.3, 0.4) is 0 Å². The normalized spacial score (nSPS) is 15.1. The van der Waals surface area contributed by atoms with Gasteiger partial charge in [0.05, 0.1) is 5.92 Å². The van der Waals surface area contributed by atoms with Gasteiger partial charge in [0.1, 0.15) is 11.5 Å². The first-order valence-electron chi connectivity index (χ1n) is 11.2. The number of esters is 1. The summed E-state index contributed by atoms with van der Waals surface area (Å²) in [5.41, 5.74) is 2.42.